The lowest BCUT2D eigenvalue weighted by Crippen LogP contribution is -2.41. The second-order valence-corrected chi connectivity index (χ2v) is 6.45. The first-order chi connectivity index (χ1) is 10.3. The molecule has 1 aliphatic carbocycles. The molecule has 1 aromatic carbocycles. The van der Waals surface area contributed by atoms with Gasteiger partial charge in [0, 0.05) is 35.6 Å². The van der Waals surface area contributed by atoms with Crippen LogP contribution in [0.3, 0.4) is 0 Å². The van der Waals surface area contributed by atoms with Crippen LogP contribution in [0.1, 0.15) is 36.9 Å². The number of piperidine rings is 1. The highest BCUT2D eigenvalue weighted by Crippen LogP contribution is 2.32. The van der Waals surface area contributed by atoms with Crippen LogP contribution in [0, 0.1) is 5.92 Å². The minimum Gasteiger partial charge on any atom is -0.358 e. The van der Waals surface area contributed by atoms with Crippen LogP contribution in [0.25, 0.3) is 10.9 Å². The quantitative estimate of drug-likeness (QED) is 0.856. The Balaban J connectivity index is 1.59. The number of likely N-dealkylation sites (tertiary alicyclic amines) is 1. The van der Waals surface area contributed by atoms with Crippen molar-refractivity contribution in [1.82, 2.24) is 9.88 Å². The first-order valence-corrected chi connectivity index (χ1v) is 8.20. The lowest BCUT2D eigenvalue weighted by atomic mass is 9.85. The van der Waals surface area contributed by atoms with Crippen molar-refractivity contribution >= 4 is 16.8 Å². The van der Waals surface area contributed by atoms with E-state index in [1.54, 1.807) is 0 Å². The Hall–Kier alpha value is -1.77. The number of hydrogen-bond acceptors (Lipinski definition) is 1. The summed E-state index contributed by atoms with van der Waals surface area (Å²) in [6, 6.07) is 8.47. The highest BCUT2D eigenvalue weighted by atomic mass is 16.2. The molecular formula is C18H22N2O. The first kappa shape index (κ1) is 12.9. The van der Waals surface area contributed by atoms with E-state index in [0.717, 1.165) is 32.4 Å². The van der Waals surface area contributed by atoms with E-state index in [9.17, 15) is 4.79 Å². The number of aromatic amines is 1. The molecule has 1 N–H and O–H groups in total. The summed E-state index contributed by atoms with van der Waals surface area (Å²) in [6.45, 7) is 1.94. The van der Waals surface area contributed by atoms with E-state index in [1.807, 2.05) is 0 Å². The number of rotatable bonds is 1. The molecule has 2 aliphatic rings. The van der Waals surface area contributed by atoms with Gasteiger partial charge in [-0.1, -0.05) is 18.2 Å². The Morgan fingerprint density at radius 2 is 1.95 bits per heavy atom. The van der Waals surface area contributed by atoms with Gasteiger partial charge in [-0.2, -0.15) is 0 Å². The molecule has 2 aromatic rings. The van der Waals surface area contributed by atoms with Crippen molar-refractivity contribution in [3.8, 4) is 0 Å². The molecule has 4 rings (SSSR count). The maximum atomic E-state index is 12.7. The first-order valence-electron chi connectivity index (χ1n) is 8.20. The number of benzene rings is 1. The van der Waals surface area contributed by atoms with Crippen LogP contribution in [0.2, 0.25) is 0 Å². The van der Waals surface area contributed by atoms with Gasteiger partial charge in [-0.25, -0.2) is 0 Å². The molecule has 0 spiro atoms. The molecule has 0 saturated carbocycles. The predicted octanol–water partition coefficient (Wildman–Crippen LogP) is 3.29. The molecule has 1 saturated heterocycles. The number of aryl methyl sites for hydroxylation is 1. The average molecular weight is 282 g/mol. The molecule has 0 radical (unpaired) electrons. The molecule has 1 fully saturated rings. The van der Waals surface area contributed by atoms with Crippen molar-refractivity contribution in [3.63, 3.8) is 0 Å². The third kappa shape index (κ3) is 2.25. The monoisotopic (exact) mass is 282 g/mol. The molecule has 1 aliphatic heterocycles. The lowest BCUT2D eigenvalue weighted by molar-refractivity contribution is -0.136. The SMILES string of the molecule is O=C(C1CCc2[nH]c3ccccc3c2C1)N1CCCCC1. The summed E-state index contributed by atoms with van der Waals surface area (Å²) in [5.74, 6) is 0.584. The van der Waals surface area contributed by atoms with Crippen molar-refractivity contribution < 1.29 is 4.79 Å². The summed E-state index contributed by atoms with van der Waals surface area (Å²) < 4.78 is 0. The number of amides is 1. The number of para-hydroxylation sites is 1. The summed E-state index contributed by atoms with van der Waals surface area (Å²) >= 11 is 0. The van der Waals surface area contributed by atoms with E-state index in [0.29, 0.717) is 5.91 Å². The lowest BCUT2D eigenvalue weighted by Gasteiger charge is -2.32. The van der Waals surface area contributed by atoms with Crippen LogP contribution in [0.4, 0.5) is 0 Å². The molecule has 110 valence electrons. The second-order valence-electron chi connectivity index (χ2n) is 6.45. The Bertz CT molecular complexity index is 667. The zero-order chi connectivity index (χ0) is 14.2. The van der Waals surface area contributed by atoms with Crippen molar-refractivity contribution in [2.45, 2.75) is 38.5 Å². The zero-order valence-corrected chi connectivity index (χ0v) is 12.4. The molecule has 21 heavy (non-hydrogen) atoms. The molecular weight excluding hydrogens is 260 g/mol. The number of hydrogen-bond donors (Lipinski definition) is 1. The number of aromatic nitrogens is 1. The van der Waals surface area contributed by atoms with Crippen LogP contribution in [0.5, 0.6) is 0 Å². The molecule has 1 amide bonds. The molecule has 1 atom stereocenters. The molecule has 1 aromatic heterocycles. The Morgan fingerprint density at radius 1 is 1.14 bits per heavy atom. The van der Waals surface area contributed by atoms with E-state index >= 15 is 0 Å². The third-order valence-corrected chi connectivity index (χ3v) is 5.11. The van der Waals surface area contributed by atoms with Gasteiger partial charge in [-0.15, -0.1) is 0 Å². The fourth-order valence-corrected chi connectivity index (χ4v) is 3.95. The van der Waals surface area contributed by atoms with Gasteiger partial charge in [-0.05, 0) is 50.2 Å². The molecule has 2 heterocycles. The van der Waals surface area contributed by atoms with Gasteiger partial charge in [0.15, 0.2) is 0 Å². The number of carbonyl (C=O) groups is 1. The fraction of sp³-hybridized carbons (Fsp3) is 0.500. The molecule has 1 unspecified atom stereocenters. The van der Waals surface area contributed by atoms with Crippen LogP contribution >= 0.6 is 0 Å². The zero-order valence-electron chi connectivity index (χ0n) is 12.4. The normalized spacial score (nSPS) is 22.3. The number of carbonyl (C=O) groups excluding carboxylic acids is 1. The highest BCUT2D eigenvalue weighted by Gasteiger charge is 2.30. The molecule has 3 heteroatoms. The number of H-pyrrole nitrogens is 1. The number of nitrogens with one attached hydrogen (secondary N) is 1. The smallest absolute Gasteiger partial charge is 0.226 e. The van der Waals surface area contributed by atoms with Gasteiger partial charge in [0.2, 0.25) is 5.91 Å². The highest BCUT2D eigenvalue weighted by molar-refractivity contribution is 5.87. The van der Waals surface area contributed by atoms with Crippen LogP contribution in [-0.2, 0) is 17.6 Å². The summed E-state index contributed by atoms with van der Waals surface area (Å²) in [5, 5.41) is 1.31. The Kier molecular flexibility index (Phi) is 3.21. The fourth-order valence-electron chi connectivity index (χ4n) is 3.95. The Morgan fingerprint density at radius 3 is 2.81 bits per heavy atom. The van der Waals surface area contributed by atoms with E-state index in [-0.39, 0.29) is 5.92 Å². The molecule has 3 nitrogen and oxygen atoms in total. The number of fused-ring (bicyclic) bond motifs is 3. The predicted molar refractivity (Wildman–Crippen MR) is 84.2 cm³/mol. The largest absolute Gasteiger partial charge is 0.358 e. The topological polar surface area (TPSA) is 36.1 Å². The van der Waals surface area contributed by atoms with Crippen molar-refractivity contribution in [3.05, 3.63) is 35.5 Å². The van der Waals surface area contributed by atoms with Crippen molar-refractivity contribution in [2.24, 2.45) is 5.92 Å². The van der Waals surface area contributed by atoms with Crippen LogP contribution in [-0.4, -0.2) is 28.9 Å². The van der Waals surface area contributed by atoms with E-state index < -0.39 is 0 Å². The molecule has 0 bridgehead atoms. The van der Waals surface area contributed by atoms with Gasteiger partial charge in [-0.3, -0.25) is 4.79 Å². The standard InChI is InChI=1S/C18H22N2O/c21-18(20-10-4-1-5-11-20)13-8-9-17-15(12-13)14-6-2-3-7-16(14)19-17/h2-3,6-7,13,19H,1,4-5,8-12H2. The third-order valence-electron chi connectivity index (χ3n) is 5.11. The van der Waals surface area contributed by atoms with Crippen molar-refractivity contribution in [2.75, 3.05) is 13.1 Å². The minimum absolute atomic E-state index is 0.190. The van der Waals surface area contributed by atoms with E-state index in [2.05, 4.69) is 34.1 Å². The van der Waals surface area contributed by atoms with Gasteiger partial charge in [0.1, 0.15) is 0 Å². The van der Waals surface area contributed by atoms with Gasteiger partial charge in [0.05, 0.1) is 0 Å². The van der Waals surface area contributed by atoms with Crippen LogP contribution in [0.15, 0.2) is 24.3 Å². The van der Waals surface area contributed by atoms with Crippen molar-refractivity contribution in [1.29, 1.82) is 0 Å². The summed E-state index contributed by atoms with van der Waals surface area (Å²) in [7, 11) is 0. The Labute approximate surface area is 125 Å². The maximum absolute atomic E-state index is 12.7. The van der Waals surface area contributed by atoms with Gasteiger partial charge >= 0.3 is 0 Å². The number of nitrogens with zero attached hydrogens (tertiary/aromatic N) is 1. The average Bonchev–Trinajstić information content (AvgIpc) is 2.93. The minimum atomic E-state index is 0.190. The van der Waals surface area contributed by atoms with Crippen LogP contribution < -0.4 is 0 Å². The van der Waals surface area contributed by atoms with Gasteiger partial charge in [0.25, 0.3) is 0 Å². The van der Waals surface area contributed by atoms with Gasteiger partial charge < -0.3 is 9.88 Å². The van der Waals surface area contributed by atoms with E-state index in [1.165, 1.54) is 41.4 Å². The summed E-state index contributed by atoms with van der Waals surface area (Å²) in [4.78, 5) is 18.4. The second kappa shape index (κ2) is 5.21. The summed E-state index contributed by atoms with van der Waals surface area (Å²) in [6.07, 6.45) is 6.55. The maximum Gasteiger partial charge on any atom is 0.226 e. The summed E-state index contributed by atoms with van der Waals surface area (Å²) in [5.41, 5.74) is 3.94. The van der Waals surface area contributed by atoms with E-state index in [4.69, 9.17) is 0 Å².